The first-order valence-electron chi connectivity index (χ1n) is 10.0. The normalized spacial score (nSPS) is 14.7. The summed E-state index contributed by atoms with van der Waals surface area (Å²) in [6, 6.07) is 11.7. The van der Waals surface area contributed by atoms with Crippen molar-refractivity contribution in [3.8, 4) is 0 Å². The zero-order chi connectivity index (χ0) is 20.5. The molecule has 0 aliphatic carbocycles. The average molecular weight is 562 g/mol. The number of carbonyl (C=O) groups is 1. The predicted molar refractivity (Wildman–Crippen MR) is 138 cm³/mol. The smallest absolute Gasteiger partial charge is 0.252 e. The second-order valence-electron chi connectivity index (χ2n) is 6.85. The monoisotopic (exact) mass is 561 g/mol. The van der Waals surface area contributed by atoms with Crippen molar-refractivity contribution in [3.05, 3.63) is 52.4 Å². The van der Waals surface area contributed by atoms with E-state index in [4.69, 9.17) is 11.6 Å². The molecule has 1 amide bonds. The highest BCUT2D eigenvalue weighted by Gasteiger charge is 2.20. The van der Waals surface area contributed by atoms with Gasteiger partial charge in [-0.3, -0.25) is 9.79 Å². The van der Waals surface area contributed by atoms with Crippen LogP contribution in [0.5, 0.6) is 0 Å². The van der Waals surface area contributed by atoms with Gasteiger partial charge in [-0.05, 0) is 49.4 Å². The van der Waals surface area contributed by atoms with E-state index in [9.17, 15) is 4.79 Å². The van der Waals surface area contributed by atoms with Crippen molar-refractivity contribution in [3.63, 3.8) is 0 Å². The molecule has 0 unspecified atom stereocenters. The van der Waals surface area contributed by atoms with Crippen LogP contribution in [0.1, 0.15) is 30.1 Å². The highest BCUT2D eigenvalue weighted by atomic mass is 127. The Kier molecular flexibility index (Phi) is 10.7. The number of piperidine rings is 1. The Morgan fingerprint density at radius 2 is 1.97 bits per heavy atom. The molecule has 0 spiro atoms. The highest BCUT2D eigenvalue weighted by Crippen LogP contribution is 2.24. The van der Waals surface area contributed by atoms with Gasteiger partial charge in [-0.15, -0.1) is 35.3 Å². The third kappa shape index (κ3) is 7.31. The maximum Gasteiger partial charge on any atom is 0.252 e. The van der Waals surface area contributed by atoms with Gasteiger partial charge in [0.1, 0.15) is 0 Å². The number of carbonyl (C=O) groups excluding carboxylic acids is 1. The molecule has 0 saturated carbocycles. The second kappa shape index (κ2) is 13.0. The summed E-state index contributed by atoms with van der Waals surface area (Å²) in [5.41, 5.74) is 0.487. The minimum atomic E-state index is -0.176. The highest BCUT2D eigenvalue weighted by molar-refractivity contribution is 14.0. The van der Waals surface area contributed by atoms with Gasteiger partial charge in [-0.25, -0.2) is 0 Å². The van der Waals surface area contributed by atoms with Crippen molar-refractivity contribution in [2.75, 3.05) is 37.6 Å². The topological polar surface area (TPSA) is 68.8 Å². The number of thiophene rings is 1. The molecule has 2 aromatic rings. The molecule has 1 aromatic carbocycles. The predicted octanol–water partition coefficient (Wildman–Crippen LogP) is 3.97. The largest absolute Gasteiger partial charge is 0.363 e. The molecule has 9 heteroatoms. The second-order valence-corrected chi connectivity index (χ2v) is 8.19. The standard InChI is InChI=1S/C21H28ClN5OS.HI/c1-2-23-21(25-12-11-24-20(28)17-6-3-4-7-18(17)22)26-16-9-13-27(14-10-16)19-8-5-15-29-19;/h3-8,15-16H,2,9-14H2,1H3,(H,24,28)(H2,23,25,26);1H. The molecule has 3 rings (SSSR count). The van der Waals surface area contributed by atoms with E-state index < -0.39 is 0 Å². The van der Waals surface area contributed by atoms with Crippen LogP contribution in [-0.4, -0.2) is 50.6 Å². The Labute approximate surface area is 204 Å². The summed E-state index contributed by atoms with van der Waals surface area (Å²) < 4.78 is 0. The van der Waals surface area contributed by atoms with Crippen LogP contribution < -0.4 is 20.9 Å². The van der Waals surface area contributed by atoms with E-state index in [2.05, 4.69) is 50.3 Å². The molecule has 0 bridgehead atoms. The Morgan fingerprint density at radius 1 is 1.20 bits per heavy atom. The van der Waals surface area contributed by atoms with E-state index in [0.717, 1.165) is 38.4 Å². The van der Waals surface area contributed by atoms with Gasteiger partial charge in [-0.2, -0.15) is 0 Å². The summed E-state index contributed by atoms with van der Waals surface area (Å²) in [7, 11) is 0. The van der Waals surface area contributed by atoms with Gasteiger partial charge in [0.15, 0.2) is 5.96 Å². The van der Waals surface area contributed by atoms with E-state index in [-0.39, 0.29) is 29.9 Å². The zero-order valence-corrected chi connectivity index (χ0v) is 21.0. The summed E-state index contributed by atoms with van der Waals surface area (Å²) in [6.45, 7) is 5.90. The number of hydrogen-bond donors (Lipinski definition) is 3. The number of halogens is 2. The summed E-state index contributed by atoms with van der Waals surface area (Å²) >= 11 is 7.86. The van der Waals surface area contributed by atoms with Crippen LogP contribution in [0.25, 0.3) is 0 Å². The fraction of sp³-hybridized carbons (Fsp3) is 0.429. The molecule has 3 N–H and O–H groups in total. The van der Waals surface area contributed by atoms with E-state index in [1.165, 1.54) is 5.00 Å². The Morgan fingerprint density at radius 3 is 2.63 bits per heavy atom. The maximum absolute atomic E-state index is 12.2. The van der Waals surface area contributed by atoms with Crippen LogP contribution in [0.3, 0.4) is 0 Å². The molecule has 1 aromatic heterocycles. The Bertz CT molecular complexity index is 809. The van der Waals surface area contributed by atoms with Crippen LogP contribution in [0, 0.1) is 0 Å². The van der Waals surface area contributed by atoms with Crippen molar-refractivity contribution >= 4 is 63.8 Å². The number of aliphatic imine (C=N–C) groups is 1. The fourth-order valence-corrected chi connectivity index (χ4v) is 4.29. The lowest BCUT2D eigenvalue weighted by Gasteiger charge is -2.33. The molecular formula is C21H29ClIN5OS. The minimum Gasteiger partial charge on any atom is -0.363 e. The summed E-state index contributed by atoms with van der Waals surface area (Å²) in [4.78, 5) is 19.2. The number of hydrogen-bond acceptors (Lipinski definition) is 4. The molecule has 1 aliphatic heterocycles. The quantitative estimate of drug-likeness (QED) is 0.207. The summed E-state index contributed by atoms with van der Waals surface area (Å²) in [5, 5.41) is 13.6. The molecular weight excluding hydrogens is 533 g/mol. The van der Waals surface area contributed by atoms with Crippen molar-refractivity contribution < 1.29 is 4.79 Å². The summed E-state index contributed by atoms with van der Waals surface area (Å²) in [6.07, 6.45) is 2.15. The zero-order valence-electron chi connectivity index (χ0n) is 17.1. The third-order valence-electron chi connectivity index (χ3n) is 4.78. The molecule has 164 valence electrons. The summed E-state index contributed by atoms with van der Waals surface area (Å²) in [5.74, 6) is 0.624. The number of amides is 1. The minimum absolute atomic E-state index is 0. The first-order valence-corrected chi connectivity index (χ1v) is 11.3. The van der Waals surface area contributed by atoms with Gasteiger partial charge >= 0.3 is 0 Å². The van der Waals surface area contributed by atoms with Crippen molar-refractivity contribution in [2.45, 2.75) is 25.8 Å². The first kappa shape index (κ1) is 24.7. The molecule has 0 atom stereocenters. The Hall–Kier alpha value is -1.52. The van der Waals surface area contributed by atoms with E-state index in [1.807, 2.05) is 6.07 Å². The molecule has 1 aliphatic rings. The van der Waals surface area contributed by atoms with Crippen LogP contribution >= 0.6 is 46.9 Å². The molecule has 2 heterocycles. The number of anilines is 1. The lowest BCUT2D eigenvalue weighted by Crippen LogP contribution is -2.48. The van der Waals surface area contributed by atoms with Crippen molar-refractivity contribution in [1.82, 2.24) is 16.0 Å². The Balaban J connectivity index is 0.00000320. The lowest BCUT2D eigenvalue weighted by molar-refractivity contribution is 0.0955. The molecule has 1 saturated heterocycles. The molecule has 0 radical (unpaired) electrons. The molecule has 30 heavy (non-hydrogen) atoms. The number of rotatable bonds is 7. The van der Waals surface area contributed by atoms with Gasteiger partial charge in [-0.1, -0.05) is 23.7 Å². The van der Waals surface area contributed by atoms with E-state index in [1.54, 1.807) is 29.5 Å². The fourth-order valence-electron chi connectivity index (χ4n) is 3.29. The average Bonchev–Trinajstić information content (AvgIpc) is 3.27. The third-order valence-corrected chi connectivity index (χ3v) is 6.04. The first-order chi connectivity index (χ1) is 14.2. The lowest BCUT2D eigenvalue weighted by atomic mass is 10.1. The van der Waals surface area contributed by atoms with Gasteiger partial charge in [0.25, 0.3) is 5.91 Å². The molecule has 6 nitrogen and oxygen atoms in total. The van der Waals surface area contributed by atoms with Crippen LogP contribution in [-0.2, 0) is 0 Å². The van der Waals surface area contributed by atoms with Crippen molar-refractivity contribution in [2.24, 2.45) is 4.99 Å². The van der Waals surface area contributed by atoms with Gasteiger partial charge in [0.2, 0.25) is 0 Å². The number of nitrogens with zero attached hydrogens (tertiary/aromatic N) is 2. The maximum atomic E-state index is 12.2. The number of guanidine groups is 1. The van der Waals surface area contributed by atoms with E-state index >= 15 is 0 Å². The van der Waals surface area contributed by atoms with Crippen LogP contribution in [0.4, 0.5) is 5.00 Å². The van der Waals surface area contributed by atoms with Gasteiger partial charge < -0.3 is 20.9 Å². The van der Waals surface area contributed by atoms with E-state index in [0.29, 0.717) is 29.7 Å². The number of benzene rings is 1. The number of nitrogens with one attached hydrogen (secondary N) is 3. The molecule has 1 fully saturated rings. The SMILES string of the molecule is CCNC(=NCCNC(=O)c1ccccc1Cl)NC1CCN(c2cccs2)CC1.I. The van der Waals surface area contributed by atoms with Gasteiger partial charge in [0, 0.05) is 32.2 Å². The van der Waals surface area contributed by atoms with Crippen LogP contribution in [0.15, 0.2) is 46.8 Å². The van der Waals surface area contributed by atoms with Gasteiger partial charge in [0.05, 0.1) is 22.1 Å². The van der Waals surface area contributed by atoms with Crippen molar-refractivity contribution in [1.29, 1.82) is 0 Å². The van der Waals surface area contributed by atoms with Crippen LogP contribution in [0.2, 0.25) is 5.02 Å².